The summed E-state index contributed by atoms with van der Waals surface area (Å²) in [6.45, 7) is 17.0. The highest BCUT2D eigenvalue weighted by atomic mass is 16.5. The Hall–Kier alpha value is -6.00. The fourth-order valence-electron chi connectivity index (χ4n) is 13.1. The average molecular weight is 986 g/mol. The van der Waals surface area contributed by atoms with Crippen molar-refractivity contribution in [2.45, 2.75) is 168 Å². The van der Waals surface area contributed by atoms with Crippen LogP contribution in [0, 0.1) is 23.7 Å². The van der Waals surface area contributed by atoms with Crippen LogP contribution in [0.1, 0.15) is 117 Å². The van der Waals surface area contributed by atoms with Gasteiger partial charge in [-0.05, 0) is 161 Å². The molecule has 12 atom stereocenters. The van der Waals surface area contributed by atoms with E-state index in [0.29, 0.717) is 44.5 Å². The van der Waals surface area contributed by atoms with Crippen LogP contribution in [0.2, 0.25) is 0 Å². The zero-order valence-corrected chi connectivity index (χ0v) is 43.3. The number of hydrogen-bond donors (Lipinski definition) is 3. The normalized spacial score (nSPS) is 30.6. The van der Waals surface area contributed by atoms with Crippen molar-refractivity contribution < 1.29 is 42.9 Å². The number of carbonyl (C=O) groups excluding carboxylic acids is 4. The van der Waals surface area contributed by atoms with Crippen LogP contribution in [-0.2, 0) is 41.6 Å². The lowest BCUT2D eigenvalue weighted by molar-refractivity contribution is -0.141. The molecule has 0 bridgehead atoms. The molecule has 16 nitrogen and oxygen atoms in total. The number of alkyl carbamates (subject to hydrolysis) is 2. The second-order valence-electron chi connectivity index (χ2n) is 21.9. The van der Waals surface area contributed by atoms with E-state index in [4.69, 9.17) is 33.7 Å². The molecule has 4 aromatic rings. The maximum Gasteiger partial charge on any atom is 0.407 e. The third-order valence-corrected chi connectivity index (χ3v) is 17.0. The van der Waals surface area contributed by atoms with Gasteiger partial charge in [-0.2, -0.15) is 0 Å². The zero-order valence-electron chi connectivity index (χ0n) is 43.3. The summed E-state index contributed by atoms with van der Waals surface area (Å²) in [7, 11) is 2.65. The number of aliphatic imine (C=N–C) groups is 1. The van der Waals surface area contributed by atoms with Gasteiger partial charge in [-0.15, -0.1) is 0 Å². The van der Waals surface area contributed by atoms with E-state index >= 15 is 0 Å². The molecule has 0 radical (unpaired) electrons. The Morgan fingerprint density at radius 2 is 1.26 bits per heavy atom. The third kappa shape index (κ3) is 9.22. The van der Waals surface area contributed by atoms with E-state index in [-0.39, 0.29) is 84.1 Å². The molecule has 6 aliphatic rings. The fourth-order valence-corrected chi connectivity index (χ4v) is 13.1. The number of amides is 4. The maximum absolute atomic E-state index is 14.8. The Balaban J connectivity index is 0.878. The van der Waals surface area contributed by atoms with Gasteiger partial charge >= 0.3 is 12.2 Å². The summed E-state index contributed by atoms with van der Waals surface area (Å²) in [5, 5.41) is 8.00. The SMILES string of the molecule is COC(=O)N[C@H](C(=O)N1[C@@H](C2=Nc3ccc4cc5c(cc4c3C2)OCc2cc(-c3cnc([C@@H]4C[C@H](C)[C@H](C)N4C(=O)[C@@H](NC(=O)OC)C4C[C@@H](C)O[C@H](C)C4)[nH]3)ccc2-5)C[C@@H](C)[C@H]1C)C1C[C@@H](C)O[C@H](C)C1. The summed E-state index contributed by atoms with van der Waals surface area (Å²) in [5.74, 6) is 1.53. The van der Waals surface area contributed by atoms with Crippen molar-refractivity contribution >= 4 is 46.2 Å². The topological polar surface area (TPSA) is 186 Å². The number of methoxy groups -OCH3 is 2. The van der Waals surface area contributed by atoms with E-state index in [1.165, 1.54) is 14.2 Å². The lowest BCUT2D eigenvalue weighted by Crippen LogP contribution is -2.57. The molecule has 0 aliphatic carbocycles. The van der Waals surface area contributed by atoms with Crippen LogP contribution < -0.4 is 15.4 Å². The summed E-state index contributed by atoms with van der Waals surface area (Å²) in [5.41, 5.74) is 7.96. The Labute approximate surface area is 422 Å². The van der Waals surface area contributed by atoms with E-state index in [1.54, 1.807) is 0 Å². The van der Waals surface area contributed by atoms with Gasteiger partial charge in [-0.1, -0.05) is 32.0 Å². The molecular weight excluding hydrogens is 915 g/mol. The first-order valence-electron chi connectivity index (χ1n) is 26.1. The molecule has 7 heterocycles. The second kappa shape index (κ2) is 19.8. The van der Waals surface area contributed by atoms with Gasteiger partial charge in [-0.3, -0.25) is 14.6 Å². The first-order chi connectivity index (χ1) is 34.5. The number of H-pyrrole nitrogens is 1. The van der Waals surface area contributed by atoms with Gasteiger partial charge < -0.3 is 49.1 Å². The molecule has 3 aromatic carbocycles. The molecule has 0 unspecified atom stereocenters. The quantitative estimate of drug-likeness (QED) is 0.146. The molecule has 4 saturated heterocycles. The minimum absolute atomic E-state index is 0.0312. The van der Waals surface area contributed by atoms with Gasteiger partial charge in [0.1, 0.15) is 30.3 Å². The van der Waals surface area contributed by atoms with Gasteiger partial charge in [-0.25, -0.2) is 14.6 Å². The Morgan fingerprint density at radius 3 is 1.85 bits per heavy atom. The van der Waals surface area contributed by atoms with Crippen molar-refractivity contribution in [2.24, 2.45) is 28.7 Å². The highest BCUT2D eigenvalue weighted by molar-refractivity contribution is 6.07. The molecule has 0 saturated carbocycles. The smallest absolute Gasteiger partial charge is 0.407 e. The molecule has 6 aliphatic heterocycles. The Morgan fingerprint density at radius 1 is 0.694 bits per heavy atom. The molecule has 72 heavy (non-hydrogen) atoms. The monoisotopic (exact) mass is 986 g/mol. The first-order valence-corrected chi connectivity index (χ1v) is 26.1. The van der Waals surface area contributed by atoms with Crippen LogP contribution in [-0.4, -0.2) is 118 Å². The summed E-state index contributed by atoms with van der Waals surface area (Å²) in [4.78, 5) is 72.5. The van der Waals surface area contributed by atoms with Crippen LogP contribution in [0.3, 0.4) is 0 Å². The van der Waals surface area contributed by atoms with Crippen molar-refractivity contribution in [3.8, 4) is 28.1 Å². The number of hydrogen-bond acceptors (Lipinski definition) is 11. The van der Waals surface area contributed by atoms with Crippen LogP contribution >= 0.6 is 0 Å². The van der Waals surface area contributed by atoms with Gasteiger partial charge in [0.25, 0.3) is 0 Å². The molecule has 384 valence electrons. The maximum atomic E-state index is 14.8. The number of aromatic nitrogens is 2. The number of likely N-dealkylation sites (tertiary alicyclic amines) is 2. The van der Waals surface area contributed by atoms with E-state index in [2.05, 4.69) is 85.8 Å². The van der Waals surface area contributed by atoms with Crippen LogP contribution in [0.25, 0.3) is 33.2 Å². The predicted molar refractivity (Wildman–Crippen MR) is 273 cm³/mol. The number of imidazole rings is 1. The average Bonchev–Trinajstić information content (AvgIpc) is 4.15. The number of ether oxygens (including phenoxy) is 5. The van der Waals surface area contributed by atoms with Gasteiger partial charge in [0, 0.05) is 29.8 Å². The molecule has 4 fully saturated rings. The molecule has 4 amide bonds. The van der Waals surface area contributed by atoms with E-state index in [0.717, 1.165) is 74.3 Å². The number of nitrogens with one attached hydrogen (secondary N) is 3. The molecule has 3 N–H and O–H groups in total. The number of aromatic amines is 1. The summed E-state index contributed by atoms with van der Waals surface area (Å²) < 4.78 is 28.6. The van der Waals surface area contributed by atoms with Crippen molar-refractivity contribution in [1.29, 1.82) is 0 Å². The third-order valence-electron chi connectivity index (χ3n) is 17.0. The number of rotatable bonds is 9. The largest absolute Gasteiger partial charge is 0.488 e. The fraction of sp³-hybridized carbons (Fsp3) is 0.571. The Bertz CT molecular complexity index is 2770. The van der Waals surface area contributed by atoms with Crippen molar-refractivity contribution in [3.63, 3.8) is 0 Å². The minimum Gasteiger partial charge on any atom is -0.488 e. The summed E-state index contributed by atoms with van der Waals surface area (Å²) >= 11 is 0. The predicted octanol–water partition coefficient (Wildman–Crippen LogP) is 9.20. The van der Waals surface area contributed by atoms with Crippen LogP contribution in [0.15, 0.2) is 53.7 Å². The van der Waals surface area contributed by atoms with Crippen LogP contribution in [0.5, 0.6) is 5.75 Å². The molecule has 1 aromatic heterocycles. The molecular formula is C56H71N7O9. The van der Waals surface area contributed by atoms with E-state index in [9.17, 15) is 19.2 Å². The molecule has 0 spiro atoms. The molecule has 16 heteroatoms. The lowest BCUT2D eigenvalue weighted by Gasteiger charge is -2.39. The lowest BCUT2D eigenvalue weighted by atomic mass is 9.85. The van der Waals surface area contributed by atoms with Gasteiger partial charge in [0.15, 0.2) is 0 Å². The van der Waals surface area contributed by atoms with Crippen molar-refractivity contribution in [2.75, 3.05) is 14.2 Å². The Kier molecular flexibility index (Phi) is 13.6. The number of fused-ring (bicyclic) bond motifs is 6. The van der Waals surface area contributed by atoms with Crippen LogP contribution in [0.4, 0.5) is 15.3 Å². The number of nitrogens with zero attached hydrogens (tertiary/aromatic N) is 4. The number of benzene rings is 3. The van der Waals surface area contributed by atoms with E-state index in [1.807, 2.05) is 43.7 Å². The second-order valence-corrected chi connectivity index (χ2v) is 21.9. The number of carbonyl (C=O) groups is 4. The van der Waals surface area contributed by atoms with Gasteiger partial charge in [0.05, 0.1) is 68.3 Å². The van der Waals surface area contributed by atoms with Gasteiger partial charge in [0.2, 0.25) is 11.8 Å². The summed E-state index contributed by atoms with van der Waals surface area (Å²) in [6, 6.07) is 12.8. The van der Waals surface area contributed by atoms with Crippen molar-refractivity contribution in [1.82, 2.24) is 30.4 Å². The highest BCUT2D eigenvalue weighted by Gasteiger charge is 2.49. The highest BCUT2D eigenvalue weighted by Crippen LogP contribution is 2.47. The zero-order chi connectivity index (χ0) is 50.9. The molecule has 10 rings (SSSR count). The van der Waals surface area contributed by atoms with Crippen molar-refractivity contribution in [3.05, 3.63) is 65.6 Å². The minimum atomic E-state index is -0.760. The first kappa shape index (κ1) is 49.6. The standard InChI is InChI=1S/C56H71N7O9/c1-27-15-47(62(33(27)7)53(64)50(60-55(66)68-9)37-17-29(3)71-30(4)18-37)45-23-42-41-24-49-43(22-35(41)12-14-44(42)58-45)40-13-11-36(21-39(40)26-70-49)46-25-57-52(59-46)48-16-28(2)34(8)63(48)54(65)51(61-56(67)69-10)38-19-31(5)72-32(6)20-38/h11-14,21-22,24-25,27-34,37-38,47-48,50-51H,15-20,23,26H2,1-10H3,(H,57,59)(H,60,66)(H,61,67)/t27-,28+,29-,30-,31-,32-,33-,34+,47-,48+,50+,51+/m1/s1. The summed E-state index contributed by atoms with van der Waals surface area (Å²) in [6.07, 6.45) is 5.21. The van der Waals surface area contributed by atoms with E-state index < -0.39 is 24.3 Å².